The van der Waals surface area contributed by atoms with Gasteiger partial charge in [-0.3, -0.25) is 4.99 Å². The second-order valence-corrected chi connectivity index (χ2v) is 4.26. The number of aliphatic imine (C=N–C) groups is 2. The van der Waals surface area contributed by atoms with Gasteiger partial charge in [0, 0.05) is 6.21 Å². The molecule has 0 radical (unpaired) electrons. The van der Waals surface area contributed by atoms with Gasteiger partial charge in [-0.05, 0) is 38.3 Å². The van der Waals surface area contributed by atoms with Gasteiger partial charge in [0.15, 0.2) is 5.84 Å². The summed E-state index contributed by atoms with van der Waals surface area (Å²) in [6.45, 7) is 7.82. The maximum atomic E-state index is 13.4. The molecule has 0 saturated heterocycles. The van der Waals surface area contributed by atoms with Crippen molar-refractivity contribution in [2.45, 2.75) is 53.4 Å². The maximum Gasteiger partial charge on any atom is 0.210 e. The summed E-state index contributed by atoms with van der Waals surface area (Å²) in [7, 11) is 0. The highest BCUT2D eigenvalue weighted by Crippen LogP contribution is 2.09. The van der Waals surface area contributed by atoms with Gasteiger partial charge in [0.25, 0.3) is 0 Å². The number of hydrogen-bond donors (Lipinski definition) is 1. The zero-order chi connectivity index (χ0) is 14.0. The maximum absolute atomic E-state index is 13.4. The van der Waals surface area contributed by atoms with Gasteiger partial charge in [0.05, 0.1) is 0 Å². The lowest BCUT2D eigenvalue weighted by molar-refractivity contribution is 0.619. The minimum atomic E-state index is -0.543. The number of nitrogens with zero attached hydrogens (tertiary/aromatic N) is 2. The summed E-state index contributed by atoms with van der Waals surface area (Å²) in [6, 6.07) is 0. The molecule has 0 aliphatic carbocycles. The van der Waals surface area contributed by atoms with Crippen molar-refractivity contribution in [3.63, 3.8) is 0 Å². The molecule has 0 aromatic carbocycles. The molecule has 0 amide bonds. The highest BCUT2D eigenvalue weighted by atomic mass is 19.1. The van der Waals surface area contributed by atoms with Crippen LogP contribution in [0.5, 0.6) is 0 Å². The van der Waals surface area contributed by atoms with Gasteiger partial charge in [-0.15, -0.1) is 0 Å². The van der Waals surface area contributed by atoms with Crippen LogP contribution in [0.2, 0.25) is 0 Å². The Morgan fingerprint density at radius 3 is 2.28 bits per heavy atom. The van der Waals surface area contributed by atoms with Crippen LogP contribution in [0.25, 0.3) is 0 Å². The number of unbranched alkanes of at least 4 members (excludes halogenated alkanes) is 2. The van der Waals surface area contributed by atoms with Crippen molar-refractivity contribution in [3.8, 4) is 0 Å². The fraction of sp³-hybridized carbons (Fsp3) is 0.571. The second kappa shape index (κ2) is 9.57. The van der Waals surface area contributed by atoms with E-state index in [0.717, 1.165) is 24.8 Å². The van der Waals surface area contributed by atoms with Gasteiger partial charge < -0.3 is 5.73 Å². The van der Waals surface area contributed by atoms with Gasteiger partial charge in [-0.2, -0.15) is 4.39 Å². The number of nitrogens with two attached hydrogens (primary N) is 1. The molecule has 4 heteroatoms. The quantitative estimate of drug-likeness (QED) is 0.414. The average Bonchev–Trinajstić information content (AvgIpc) is 2.31. The number of amidine groups is 1. The van der Waals surface area contributed by atoms with E-state index in [-0.39, 0.29) is 5.84 Å². The first-order valence-corrected chi connectivity index (χ1v) is 6.43. The average molecular weight is 253 g/mol. The Labute approximate surface area is 109 Å². The van der Waals surface area contributed by atoms with Crippen LogP contribution in [0, 0.1) is 0 Å². The van der Waals surface area contributed by atoms with Crippen LogP contribution in [0.4, 0.5) is 4.39 Å². The normalized spacial score (nSPS) is 13.2. The van der Waals surface area contributed by atoms with E-state index < -0.39 is 5.95 Å². The van der Waals surface area contributed by atoms with Crippen molar-refractivity contribution in [3.05, 3.63) is 23.3 Å². The lowest BCUT2D eigenvalue weighted by Gasteiger charge is -2.03. The molecule has 0 aliphatic rings. The Hall–Kier alpha value is -1.45. The second-order valence-electron chi connectivity index (χ2n) is 4.26. The fourth-order valence-electron chi connectivity index (χ4n) is 1.21. The third kappa shape index (κ3) is 6.99. The predicted molar refractivity (Wildman–Crippen MR) is 77.5 cm³/mol. The number of hydrogen-bond acceptors (Lipinski definition) is 2. The van der Waals surface area contributed by atoms with Crippen molar-refractivity contribution in [2.75, 3.05) is 0 Å². The highest BCUT2D eigenvalue weighted by Gasteiger charge is 2.04. The summed E-state index contributed by atoms with van der Waals surface area (Å²) in [5.74, 6) is -0.411. The predicted octanol–water partition coefficient (Wildman–Crippen LogP) is 4.12. The van der Waals surface area contributed by atoms with Gasteiger partial charge >= 0.3 is 0 Å². The Morgan fingerprint density at radius 2 is 1.78 bits per heavy atom. The van der Waals surface area contributed by atoms with E-state index >= 15 is 0 Å². The molecule has 0 spiro atoms. The Morgan fingerprint density at radius 1 is 1.17 bits per heavy atom. The molecule has 3 nitrogen and oxygen atoms in total. The topological polar surface area (TPSA) is 50.7 Å². The minimum absolute atomic E-state index is 0.132. The molecule has 102 valence electrons. The van der Waals surface area contributed by atoms with Gasteiger partial charge in [-0.25, -0.2) is 4.99 Å². The summed E-state index contributed by atoms with van der Waals surface area (Å²) >= 11 is 0. The summed E-state index contributed by atoms with van der Waals surface area (Å²) in [5, 5.41) is 0. The Kier molecular flexibility index (Phi) is 8.80. The van der Waals surface area contributed by atoms with Crippen molar-refractivity contribution < 1.29 is 4.39 Å². The number of allylic oxidation sites excluding steroid dienone is 2. The van der Waals surface area contributed by atoms with E-state index in [9.17, 15) is 4.39 Å². The summed E-state index contributed by atoms with van der Waals surface area (Å²) in [4.78, 5) is 7.98. The Balaban J connectivity index is 4.94. The van der Waals surface area contributed by atoms with Gasteiger partial charge in [0.2, 0.25) is 5.95 Å². The van der Waals surface area contributed by atoms with E-state index in [1.165, 1.54) is 6.08 Å². The van der Waals surface area contributed by atoms with Crippen molar-refractivity contribution in [2.24, 2.45) is 15.7 Å². The Bertz CT molecular complexity index is 361. The smallest absolute Gasteiger partial charge is 0.210 e. The number of rotatable bonds is 7. The highest BCUT2D eigenvalue weighted by molar-refractivity contribution is 5.98. The van der Waals surface area contributed by atoms with E-state index in [2.05, 4.69) is 16.9 Å². The molecule has 0 fully saturated rings. The summed E-state index contributed by atoms with van der Waals surface area (Å²) in [6.07, 6.45) is 6.65. The zero-order valence-electron chi connectivity index (χ0n) is 11.8. The molecule has 0 rings (SSSR count). The number of halogens is 1. The molecule has 0 saturated carbocycles. The third-order valence-corrected chi connectivity index (χ3v) is 2.18. The molecule has 18 heavy (non-hydrogen) atoms. The standard InChI is InChI=1S/C14H24FN3/c1-5-7-9-12(15)18-14(16)13(11(3)4)17-10-8-6-2/h9-10H,5-8H2,1-4H3,(H2,16,18)/b12-9+,17-10?. The lowest BCUT2D eigenvalue weighted by Crippen LogP contribution is -2.15. The molecule has 0 aromatic rings. The van der Waals surface area contributed by atoms with Crippen LogP contribution in [0.1, 0.15) is 53.4 Å². The van der Waals surface area contributed by atoms with E-state index in [1.54, 1.807) is 6.21 Å². The molecule has 0 atom stereocenters. The first-order valence-electron chi connectivity index (χ1n) is 6.43. The molecule has 2 N–H and O–H groups in total. The summed E-state index contributed by atoms with van der Waals surface area (Å²) in [5.41, 5.74) is 7.25. The fourth-order valence-corrected chi connectivity index (χ4v) is 1.21. The molecule has 0 aliphatic heterocycles. The van der Waals surface area contributed by atoms with E-state index in [0.29, 0.717) is 12.1 Å². The summed E-state index contributed by atoms with van der Waals surface area (Å²) < 4.78 is 13.4. The SMILES string of the molecule is CCCC=NC(C(N)=N/C(F)=C/CCC)=C(C)C. The van der Waals surface area contributed by atoms with Crippen LogP contribution in [0.15, 0.2) is 33.3 Å². The van der Waals surface area contributed by atoms with E-state index in [1.807, 2.05) is 20.8 Å². The third-order valence-electron chi connectivity index (χ3n) is 2.18. The van der Waals surface area contributed by atoms with E-state index in [4.69, 9.17) is 5.73 Å². The lowest BCUT2D eigenvalue weighted by atomic mass is 10.2. The molecule has 0 aromatic heterocycles. The van der Waals surface area contributed by atoms with Crippen LogP contribution in [-0.2, 0) is 0 Å². The molecule has 0 bridgehead atoms. The van der Waals surface area contributed by atoms with Gasteiger partial charge in [-0.1, -0.05) is 26.7 Å². The largest absolute Gasteiger partial charge is 0.382 e. The molecular weight excluding hydrogens is 229 g/mol. The minimum Gasteiger partial charge on any atom is -0.382 e. The van der Waals surface area contributed by atoms with Crippen molar-refractivity contribution in [1.82, 2.24) is 0 Å². The molecule has 0 unspecified atom stereocenters. The first kappa shape index (κ1) is 16.6. The van der Waals surface area contributed by atoms with Crippen LogP contribution in [0.3, 0.4) is 0 Å². The van der Waals surface area contributed by atoms with Gasteiger partial charge in [0.1, 0.15) is 5.70 Å². The monoisotopic (exact) mass is 253 g/mol. The molecule has 0 heterocycles. The van der Waals surface area contributed by atoms with Crippen LogP contribution in [-0.4, -0.2) is 12.1 Å². The van der Waals surface area contributed by atoms with Crippen molar-refractivity contribution in [1.29, 1.82) is 0 Å². The molecular formula is C14H24FN3. The zero-order valence-corrected chi connectivity index (χ0v) is 11.8. The van der Waals surface area contributed by atoms with Crippen molar-refractivity contribution >= 4 is 12.1 Å². The van der Waals surface area contributed by atoms with Crippen LogP contribution < -0.4 is 5.73 Å². The first-order chi connectivity index (χ1) is 8.52. The van der Waals surface area contributed by atoms with Crippen LogP contribution >= 0.6 is 0 Å².